The molecule has 0 aliphatic rings. The Morgan fingerprint density at radius 3 is 2.62 bits per heavy atom. The monoisotopic (exact) mass is 351 g/mol. The molecule has 3 N–H and O–H groups in total. The SMILES string of the molecule is COc1ccc(-c2nc(N)c(Br)c(CC(C)C)n2)cc1O. The van der Waals surface area contributed by atoms with Crippen LogP contribution in [0.15, 0.2) is 22.7 Å². The number of halogens is 1. The first-order valence-corrected chi connectivity index (χ1v) is 7.41. The molecule has 2 aromatic rings. The zero-order valence-corrected chi connectivity index (χ0v) is 13.8. The maximum absolute atomic E-state index is 9.87. The minimum Gasteiger partial charge on any atom is -0.504 e. The van der Waals surface area contributed by atoms with Gasteiger partial charge >= 0.3 is 0 Å². The number of ether oxygens (including phenoxy) is 1. The maximum Gasteiger partial charge on any atom is 0.161 e. The zero-order valence-electron chi connectivity index (χ0n) is 12.2. The molecule has 6 heteroatoms. The van der Waals surface area contributed by atoms with Gasteiger partial charge in [0.2, 0.25) is 0 Å². The molecule has 5 nitrogen and oxygen atoms in total. The fraction of sp³-hybridized carbons (Fsp3) is 0.333. The summed E-state index contributed by atoms with van der Waals surface area (Å²) in [6.07, 6.45) is 0.794. The van der Waals surface area contributed by atoms with Crippen LogP contribution in [0.1, 0.15) is 19.5 Å². The molecule has 1 aromatic carbocycles. The summed E-state index contributed by atoms with van der Waals surface area (Å²) in [5.74, 6) is 1.79. The third-order valence-electron chi connectivity index (χ3n) is 2.98. The second kappa shape index (κ2) is 6.30. The molecule has 112 valence electrons. The zero-order chi connectivity index (χ0) is 15.6. The van der Waals surface area contributed by atoms with Crippen molar-refractivity contribution in [2.75, 3.05) is 12.8 Å². The number of nitrogens with zero attached hydrogens (tertiary/aromatic N) is 2. The van der Waals surface area contributed by atoms with Gasteiger partial charge < -0.3 is 15.6 Å². The normalized spacial score (nSPS) is 10.9. The number of phenolic OH excluding ortho intramolecular Hbond substituents is 1. The first-order valence-electron chi connectivity index (χ1n) is 6.61. The molecule has 0 radical (unpaired) electrons. The lowest BCUT2D eigenvalue weighted by Crippen LogP contribution is -2.05. The standard InChI is InChI=1S/C15H18BrN3O2/c1-8(2)6-10-13(16)14(17)19-15(18-10)9-4-5-12(21-3)11(20)7-9/h4-5,7-8,20H,6H2,1-3H3,(H2,17,18,19). The number of hydrogen-bond donors (Lipinski definition) is 2. The fourth-order valence-electron chi connectivity index (χ4n) is 1.99. The van der Waals surface area contributed by atoms with E-state index in [0.29, 0.717) is 28.9 Å². The van der Waals surface area contributed by atoms with E-state index in [0.717, 1.165) is 16.6 Å². The predicted octanol–water partition coefficient (Wildman–Crippen LogP) is 3.40. The summed E-state index contributed by atoms with van der Waals surface area (Å²) in [5.41, 5.74) is 7.50. The molecule has 0 atom stereocenters. The second-order valence-electron chi connectivity index (χ2n) is 5.18. The average Bonchev–Trinajstić information content (AvgIpc) is 2.43. The Morgan fingerprint density at radius 2 is 2.05 bits per heavy atom. The van der Waals surface area contributed by atoms with E-state index in [4.69, 9.17) is 10.5 Å². The summed E-state index contributed by atoms with van der Waals surface area (Å²) >= 11 is 3.43. The van der Waals surface area contributed by atoms with Crippen LogP contribution in [0.25, 0.3) is 11.4 Å². The molecule has 0 amide bonds. The number of nitrogens with two attached hydrogens (primary N) is 1. The van der Waals surface area contributed by atoms with Gasteiger partial charge in [-0.1, -0.05) is 13.8 Å². The van der Waals surface area contributed by atoms with Crippen LogP contribution in [0, 0.1) is 5.92 Å². The van der Waals surface area contributed by atoms with Gasteiger partial charge in [-0.25, -0.2) is 9.97 Å². The molecule has 0 spiro atoms. The first kappa shape index (κ1) is 15.6. The van der Waals surface area contributed by atoms with Crippen LogP contribution < -0.4 is 10.5 Å². The molecular formula is C15H18BrN3O2. The third-order valence-corrected chi connectivity index (χ3v) is 3.85. The van der Waals surface area contributed by atoms with Gasteiger partial charge in [-0.3, -0.25) is 0 Å². The minimum atomic E-state index is 0.0468. The molecular weight excluding hydrogens is 334 g/mol. The van der Waals surface area contributed by atoms with Gasteiger partial charge in [0.25, 0.3) is 0 Å². The largest absolute Gasteiger partial charge is 0.504 e. The van der Waals surface area contributed by atoms with Crippen molar-refractivity contribution in [3.63, 3.8) is 0 Å². The van der Waals surface area contributed by atoms with Crippen molar-refractivity contribution in [2.24, 2.45) is 5.92 Å². The van der Waals surface area contributed by atoms with Crippen LogP contribution >= 0.6 is 15.9 Å². The molecule has 0 aliphatic heterocycles. The number of rotatable bonds is 4. The van der Waals surface area contributed by atoms with Crippen LogP contribution in [0.3, 0.4) is 0 Å². The molecule has 0 aliphatic carbocycles. The van der Waals surface area contributed by atoms with E-state index in [9.17, 15) is 5.11 Å². The molecule has 0 fully saturated rings. The number of benzene rings is 1. The number of phenols is 1. The number of aromatic nitrogens is 2. The second-order valence-corrected chi connectivity index (χ2v) is 5.97. The maximum atomic E-state index is 9.87. The Labute approximate surface area is 132 Å². The Kier molecular flexibility index (Phi) is 4.67. The van der Waals surface area contributed by atoms with Crippen LogP contribution in [-0.4, -0.2) is 22.2 Å². The predicted molar refractivity (Wildman–Crippen MR) is 86.3 cm³/mol. The molecule has 0 saturated heterocycles. The molecule has 1 heterocycles. The van der Waals surface area contributed by atoms with Crippen molar-refractivity contribution in [3.05, 3.63) is 28.4 Å². The van der Waals surface area contributed by atoms with Crippen molar-refractivity contribution >= 4 is 21.7 Å². The Hall–Kier alpha value is -1.82. The van der Waals surface area contributed by atoms with Gasteiger partial charge in [-0.2, -0.15) is 0 Å². The highest BCUT2D eigenvalue weighted by Crippen LogP contribution is 2.32. The summed E-state index contributed by atoms with van der Waals surface area (Å²) in [6, 6.07) is 5.04. The summed E-state index contributed by atoms with van der Waals surface area (Å²) < 4.78 is 5.77. The van der Waals surface area contributed by atoms with E-state index in [-0.39, 0.29) is 5.75 Å². The summed E-state index contributed by atoms with van der Waals surface area (Å²) in [7, 11) is 1.50. The topological polar surface area (TPSA) is 81.3 Å². The number of nitrogen functional groups attached to an aromatic ring is 1. The van der Waals surface area contributed by atoms with Gasteiger partial charge in [0.05, 0.1) is 17.3 Å². The van der Waals surface area contributed by atoms with Crippen LogP contribution in [-0.2, 0) is 6.42 Å². The van der Waals surface area contributed by atoms with E-state index >= 15 is 0 Å². The number of hydrogen-bond acceptors (Lipinski definition) is 5. The molecule has 21 heavy (non-hydrogen) atoms. The van der Waals surface area contributed by atoms with E-state index < -0.39 is 0 Å². The highest BCUT2D eigenvalue weighted by molar-refractivity contribution is 9.10. The smallest absolute Gasteiger partial charge is 0.161 e. The van der Waals surface area contributed by atoms with Gasteiger partial charge in [0.15, 0.2) is 17.3 Å². The van der Waals surface area contributed by atoms with Crippen molar-refractivity contribution in [2.45, 2.75) is 20.3 Å². The van der Waals surface area contributed by atoms with Gasteiger partial charge in [0, 0.05) is 5.56 Å². The van der Waals surface area contributed by atoms with Crippen LogP contribution in [0.2, 0.25) is 0 Å². The van der Waals surface area contributed by atoms with Crippen LogP contribution in [0.4, 0.5) is 5.82 Å². The first-order chi connectivity index (χ1) is 9.92. The molecule has 0 saturated carbocycles. The van der Waals surface area contributed by atoms with Crippen molar-refractivity contribution < 1.29 is 9.84 Å². The lowest BCUT2D eigenvalue weighted by Gasteiger charge is -2.11. The quantitative estimate of drug-likeness (QED) is 0.881. The van der Waals surface area contributed by atoms with E-state index in [2.05, 4.69) is 39.7 Å². The average molecular weight is 352 g/mol. The lowest BCUT2D eigenvalue weighted by atomic mass is 10.1. The van der Waals surface area contributed by atoms with Crippen molar-refractivity contribution in [1.29, 1.82) is 0 Å². The van der Waals surface area contributed by atoms with E-state index in [1.807, 2.05) is 0 Å². The Balaban J connectivity index is 2.49. The molecule has 1 aromatic heterocycles. The molecule has 2 rings (SSSR count). The van der Waals surface area contributed by atoms with Crippen LogP contribution in [0.5, 0.6) is 11.5 Å². The van der Waals surface area contributed by atoms with Gasteiger partial charge in [-0.15, -0.1) is 0 Å². The molecule has 0 unspecified atom stereocenters. The highest BCUT2D eigenvalue weighted by Gasteiger charge is 2.14. The number of anilines is 1. The molecule has 0 bridgehead atoms. The Morgan fingerprint density at radius 1 is 1.33 bits per heavy atom. The fourth-order valence-corrected chi connectivity index (χ4v) is 2.33. The third kappa shape index (κ3) is 3.44. The summed E-state index contributed by atoms with van der Waals surface area (Å²) in [5, 5.41) is 9.87. The Bertz CT molecular complexity index is 660. The van der Waals surface area contributed by atoms with Gasteiger partial charge in [-0.05, 0) is 46.5 Å². The van der Waals surface area contributed by atoms with Gasteiger partial charge in [0.1, 0.15) is 5.82 Å². The van der Waals surface area contributed by atoms with E-state index in [1.165, 1.54) is 7.11 Å². The number of aromatic hydroxyl groups is 1. The van der Waals surface area contributed by atoms with Crippen molar-refractivity contribution in [1.82, 2.24) is 9.97 Å². The number of methoxy groups -OCH3 is 1. The highest BCUT2D eigenvalue weighted by atomic mass is 79.9. The minimum absolute atomic E-state index is 0.0468. The summed E-state index contributed by atoms with van der Waals surface area (Å²) in [4.78, 5) is 8.83. The van der Waals surface area contributed by atoms with E-state index in [1.54, 1.807) is 18.2 Å². The summed E-state index contributed by atoms with van der Waals surface area (Å²) in [6.45, 7) is 4.23. The van der Waals surface area contributed by atoms with Crippen molar-refractivity contribution in [3.8, 4) is 22.9 Å². The lowest BCUT2D eigenvalue weighted by molar-refractivity contribution is 0.373.